The molecule has 0 atom stereocenters. The van der Waals surface area contributed by atoms with Crippen molar-refractivity contribution in [3.63, 3.8) is 0 Å². The zero-order chi connectivity index (χ0) is 17.6. The van der Waals surface area contributed by atoms with Crippen LogP contribution in [0, 0.1) is 6.92 Å². The van der Waals surface area contributed by atoms with Crippen LogP contribution in [-0.4, -0.2) is 25.5 Å². The van der Waals surface area contributed by atoms with Gasteiger partial charge < -0.3 is 15.5 Å². The van der Waals surface area contributed by atoms with E-state index in [1.54, 1.807) is 0 Å². The number of carbonyl (C=O) groups is 1. The first-order valence-electron chi connectivity index (χ1n) is 8.77. The van der Waals surface area contributed by atoms with Crippen molar-refractivity contribution in [1.82, 2.24) is 0 Å². The van der Waals surface area contributed by atoms with Crippen molar-refractivity contribution in [2.75, 3.05) is 35.2 Å². The lowest BCUT2D eigenvalue weighted by atomic mass is 10.2. The Labute approximate surface area is 154 Å². The molecular formula is C20H24ClN3O. The van der Waals surface area contributed by atoms with Gasteiger partial charge in [0.25, 0.3) is 0 Å². The van der Waals surface area contributed by atoms with E-state index in [2.05, 4.69) is 27.7 Å². The van der Waals surface area contributed by atoms with E-state index < -0.39 is 0 Å². The molecule has 5 heteroatoms. The first-order valence-corrected chi connectivity index (χ1v) is 9.15. The standard InChI is InChI=1S/C20H24ClN3O/c1-15-18(21)5-4-6-19(15)22-12-11-20(25)23-16-7-9-17(10-8-16)24-13-2-3-14-24/h4-10,22H,2-3,11-14H2,1H3,(H,23,25). The minimum absolute atomic E-state index is 0.00102. The average molecular weight is 358 g/mol. The Bertz CT molecular complexity index is 724. The third kappa shape index (κ3) is 4.67. The fraction of sp³-hybridized carbons (Fsp3) is 0.350. The quantitative estimate of drug-likeness (QED) is 0.788. The van der Waals surface area contributed by atoms with Crippen molar-refractivity contribution in [1.29, 1.82) is 0 Å². The third-order valence-corrected chi connectivity index (χ3v) is 4.97. The van der Waals surface area contributed by atoms with Crippen molar-refractivity contribution < 1.29 is 4.79 Å². The molecule has 2 aromatic carbocycles. The van der Waals surface area contributed by atoms with Crippen LogP contribution in [-0.2, 0) is 4.79 Å². The van der Waals surface area contributed by atoms with Crippen LogP contribution in [0.5, 0.6) is 0 Å². The maximum Gasteiger partial charge on any atom is 0.226 e. The maximum absolute atomic E-state index is 12.1. The first-order chi connectivity index (χ1) is 12.1. The van der Waals surface area contributed by atoms with Gasteiger partial charge in [-0.2, -0.15) is 0 Å². The molecule has 0 aromatic heterocycles. The number of rotatable bonds is 6. The molecule has 25 heavy (non-hydrogen) atoms. The Morgan fingerprint density at radius 3 is 2.56 bits per heavy atom. The second-order valence-corrected chi connectivity index (χ2v) is 6.79. The zero-order valence-corrected chi connectivity index (χ0v) is 15.3. The Morgan fingerprint density at radius 2 is 1.84 bits per heavy atom. The van der Waals surface area contributed by atoms with Crippen molar-refractivity contribution in [3.05, 3.63) is 53.1 Å². The monoisotopic (exact) mass is 357 g/mol. The molecule has 1 saturated heterocycles. The molecule has 0 spiro atoms. The molecule has 0 radical (unpaired) electrons. The molecule has 4 nitrogen and oxygen atoms in total. The predicted molar refractivity (Wildman–Crippen MR) is 106 cm³/mol. The van der Waals surface area contributed by atoms with Crippen LogP contribution in [0.1, 0.15) is 24.8 Å². The largest absolute Gasteiger partial charge is 0.384 e. The first kappa shape index (κ1) is 17.6. The third-order valence-electron chi connectivity index (χ3n) is 4.56. The van der Waals surface area contributed by atoms with Gasteiger partial charge in [0.15, 0.2) is 0 Å². The van der Waals surface area contributed by atoms with Crippen LogP contribution in [0.3, 0.4) is 0 Å². The van der Waals surface area contributed by atoms with Gasteiger partial charge in [0, 0.05) is 48.1 Å². The number of carbonyl (C=O) groups excluding carboxylic acids is 1. The molecule has 1 amide bonds. The summed E-state index contributed by atoms with van der Waals surface area (Å²) in [5.41, 5.74) is 4.04. The van der Waals surface area contributed by atoms with Gasteiger partial charge in [-0.05, 0) is 61.7 Å². The summed E-state index contributed by atoms with van der Waals surface area (Å²) in [5.74, 6) is 0.00102. The van der Waals surface area contributed by atoms with Gasteiger partial charge in [-0.25, -0.2) is 0 Å². The molecule has 0 unspecified atom stereocenters. The highest BCUT2D eigenvalue weighted by molar-refractivity contribution is 6.31. The minimum Gasteiger partial charge on any atom is -0.384 e. The number of hydrogen-bond acceptors (Lipinski definition) is 3. The van der Waals surface area contributed by atoms with Crippen LogP contribution in [0.25, 0.3) is 0 Å². The fourth-order valence-corrected chi connectivity index (χ4v) is 3.24. The van der Waals surface area contributed by atoms with Gasteiger partial charge in [0.2, 0.25) is 5.91 Å². The summed E-state index contributed by atoms with van der Waals surface area (Å²) < 4.78 is 0. The van der Waals surface area contributed by atoms with E-state index >= 15 is 0 Å². The molecule has 3 rings (SSSR count). The number of hydrogen-bond donors (Lipinski definition) is 2. The second-order valence-electron chi connectivity index (χ2n) is 6.38. The summed E-state index contributed by atoms with van der Waals surface area (Å²) in [7, 11) is 0. The zero-order valence-electron chi connectivity index (χ0n) is 14.5. The van der Waals surface area contributed by atoms with Crippen LogP contribution < -0.4 is 15.5 Å². The number of amides is 1. The highest BCUT2D eigenvalue weighted by Gasteiger charge is 2.12. The fourth-order valence-electron chi connectivity index (χ4n) is 3.06. The predicted octanol–water partition coefficient (Wildman–Crippen LogP) is 4.69. The molecule has 1 aliphatic rings. The minimum atomic E-state index is 0.00102. The second kappa shape index (κ2) is 8.26. The summed E-state index contributed by atoms with van der Waals surface area (Å²) in [6, 6.07) is 13.8. The van der Waals surface area contributed by atoms with E-state index in [0.29, 0.717) is 13.0 Å². The van der Waals surface area contributed by atoms with Crippen LogP contribution in [0.4, 0.5) is 17.1 Å². The van der Waals surface area contributed by atoms with E-state index in [4.69, 9.17) is 11.6 Å². The van der Waals surface area contributed by atoms with Crippen molar-refractivity contribution in [2.45, 2.75) is 26.2 Å². The molecule has 2 aromatic rings. The molecule has 0 aliphatic carbocycles. The summed E-state index contributed by atoms with van der Waals surface area (Å²) in [6.45, 7) is 4.78. The number of anilines is 3. The van der Waals surface area contributed by atoms with Gasteiger partial charge >= 0.3 is 0 Å². The van der Waals surface area contributed by atoms with E-state index in [1.807, 2.05) is 37.3 Å². The Balaban J connectivity index is 1.46. The molecule has 0 saturated carbocycles. The summed E-state index contributed by atoms with van der Waals surface area (Å²) in [4.78, 5) is 14.5. The topological polar surface area (TPSA) is 44.4 Å². The van der Waals surface area contributed by atoms with Gasteiger partial charge in [0.05, 0.1) is 0 Å². The highest BCUT2D eigenvalue weighted by atomic mass is 35.5. The Kier molecular flexibility index (Phi) is 5.82. The van der Waals surface area contributed by atoms with Gasteiger partial charge in [-0.15, -0.1) is 0 Å². The van der Waals surface area contributed by atoms with Crippen LogP contribution in [0.2, 0.25) is 5.02 Å². The van der Waals surface area contributed by atoms with Gasteiger partial charge in [-0.3, -0.25) is 4.79 Å². The molecule has 132 valence electrons. The Hall–Kier alpha value is -2.20. The van der Waals surface area contributed by atoms with E-state index in [9.17, 15) is 4.79 Å². The van der Waals surface area contributed by atoms with Gasteiger partial charge in [0.1, 0.15) is 0 Å². The van der Waals surface area contributed by atoms with Crippen molar-refractivity contribution in [3.8, 4) is 0 Å². The van der Waals surface area contributed by atoms with E-state index in [-0.39, 0.29) is 5.91 Å². The lowest BCUT2D eigenvalue weighted by Gasteiger charge is -2.17. The van der Waals surface area contributed by atoms with Crippen molar-refractivity contribution in [2.24, 2.45) is 0 Å². The molecule has 1 fully saturated rings. The number of halogens is 1. The average Bonchev–Trinajstić information content (AvgIpc) is 3.14. The molecule has 0 bridgehead atoms. The molecule has 1 aliphatic heterocycles. The Morgan fingerprint density at radius 1 is 1.12 bits per heavy atom. The number of nitrogens with zero attached hydrogens (tertiary/aromatic N) is 1. The summed E-state index contributed by atoms with van der Waals surface area (Å²) >= 11 is 6.10. The maximum atomic E-state index is 12.1. The normalized spacial score (nSPS) is 13.8. The van der Waals surface area contributed by atoms with E-state index in [0.717, 1.165) is 35.1 Å². The summed E-state index contributed by atoms with van der Waals surface area (Å²) in [6.07, 6.45) is 2.93. The molecule has 1 heterocycles. The molecular weight excluding hydrogens is 334 g/mol. The molecule has 2 N–H and O–H groups in total. The number of nitrogens with one attached hydrogen (secondary N) is 2. The lowest BCUT2D eigenvalue weighted by Crippen LogP contribution is -2.18. The van der Waals surface area contributed by atoms with Gasteiger partial charge in [-0.1, -0.05) is 17.7 Å². The summed E-state index contributed by atoms with van der Waals surface area (Å²) in [5, 5.41) is 6.94. The van der Waals surface area contributed by atoms with Crippen LogP contribution >= 0.6 is 11.6 Å². The smallest absolute Gasteiger partial charge is 0.226 e. The van der Waals surface area contributed by atoms with Crippen LogP contribution in [0.15, 0.2) is 42.5 Å². The highest BCUT2D eigenvalue weighted by Crippen LogP contribution is 2.23. The van der Waals surface area contributed by atoms with Crippen molar-refractivity contribution >= 4 is 34.6 Å². The number of benzene rings is 2. The van der Waals surface area contributed by atoms with E-state index in [1.165, 1.54) is 18.5 Å². The SMILES string of the molecule is Cc1c(Cl)cccc1NCCC(=O)Nc1ccc(N2CCCC2)cc1. The lowest BCUT2D eigenvalue weighted by molar-refractivity contribution is -0.115.